The molecule has 0 spiro atoms. The molecule has 1 aromatic heterocycles. The zero-order valence-corrected chi connectivity index (χ0v) is 7.82. The smallest absolute Gasteiger partial charge is 0.225 e. The van der Waals surface area contributed by atoms with E-state index in [1.807, 2.05) is 18.5 Å². The summed E-state index contributed by atoms with van der Waals surface area (Å²) in [5, 5.41) is 0. The van der Waals surface area contributed by atoms with Crippen molar-refractivity contribution in [2.75, 3.05) is 18.0 Å². The van der Waals surface area contributed by atoms with Gasteiger partial charge < -0.3 is 4.90 Å². The van der Waals surface area contributed by atoms with E-state index in [1.54, 1.807) is 0 Å². The van der Waals surface area contributed by atoms with Crippen LogP contribution in [0.2, 0.25) is 0 Å². The molecule has 2 heterocycles. The van der Waals surface area contributed by atoms with Crippen molar-refractivity contribution >= 4 is 5.95 Å². The van der Waals surface area contributed by atoms with Gasteiger partial charge in [0.2, 0.25) is 5.95 Å². The van der Waals surface area contributed by atoms with Crippen LogP contribution in [0.3, 0.4) is 0 Å². The minimum absolute atomic E-state index is 0. The average Bonchev–Trinajstić information content (AvgIpc) is 2.47. The first-order valence-corrected chi connectivity index (χ1v) is 4.99. The first kappa shape index (κ1) is 11.0. The molecule has 1 aliphatic rings. The minimum atomic E-state index is 0. The van der Waals surface area contributed by atoms with Crippen molar-refractivity contribution in [3.63, 3.8) is 0 Å². The summed E-state index contributed by atoms with van der Waals surface area (Å²) in [4.78, 5) is 10.8. The van der Waals surface area contributed by atoms with Crippen LogP contribution < -0.4 is 4.90 Å². The van der Waals surface area contributed by atoms with Crippen LogP contribution in [0.5, 0.6) is 0 Å². The van der Waals surface area contributed by atoms with E-state index in [9.17, 15) is 0 Å². The van der Waals surface area contributed by atoms with Crippen LogP contribution in [-0.2, 0) is 0 Å². The molecule has 1 fully saturated rings. The number of rotatable bonds is 1. The molecule has 3 heteroatoms. The van der Waals surface area contributed by atoms with E-state index in [-0.39, 0.29) is 7.43 Å². The molecule has 0 bridgehead atoms. The first-order chi connectivity index (χ1) is 6.47. The summed E-state index contributed by atoms with van der Waals surface area (Å²) in [6.07, 6.45) is 8.88. The van der Waals surface area contributed by atoms with Crippen LogP contribution in [-0.4, -0.2) is 23.1 Å². The van der Waals surface area contributed by atoms with Crippen molar-refractivity contribution in [2.24, 2.45) is 0 Å². The maximum atomic E-state index is 4.26. The van der Waals surface area contributed by atoms with Gasteiger partial charge in [-0.2, -0.15) is 0 Å². The van der Waals surface area contributed by atoms with Gasteiger partial charge in [-0.25, -0.2) is 9.97 Å². The summed E-state index contributed by atoms with van der Waals surface area (Å²) in [6, 6.07) is 1.86. The molecule has 1 saturated heterocycles. The summed E-state index contributed by atoms with van der Waals surface area (Å²) in [6.45, 7) is 2.23. The lowest BCUT2D eigenvalue weighted by molar-refractivity contribution is 0.726. The Labute approximate surface area is 86.2 Å². The molecule has 0 N–H and O–H groups in total. The number of anilines is 1. The van der Waals surface area contributed by atoms with E-state index in [4.69, 9.17) is 0 Å². The molecule has 3 nitrogen and oxygen atoms in total. The van der Waals surface area contributed by atoms with E-state index < -0.39 is 0 Å². The highest BCUT2D eigenvalue weighted by atomic mass is 15.2. The Morgan fingerprint density at radius 1 is 0.929 bits per heavy atom. The maximum absolute atomic E-state index is 4.26. The van der Waals surface area contributed by atoms with Gasteiger partial charge in [0.1, 0.15) is 0 Å². The summed E-state index contributed by atoms with van der Waals surface area (Å²) < 4.78 is 0. The molecule has 0 aliphatic carbocycles. The number of hydrogen-bond acceptors (Lipinski definition) is 3. The van der Waals surface area contributed by atoms with Crippen LogP contribution in [0.25, 0.3) is 0 Å². The van der Waals surface area contributed by atoms with Gasteiger partial charge in [-0.1, -0.05) is 20.3 Å². The lowest BCUT2D eigenvalue weighted by Crippen LogP contribution is -2.25. The SMILES string of the molecule is C.c1cnc(N2CCCCCC2)nc1. The number of hydrogen-bond donors (Lipinski definition) is 0. The Bertz CT molecular complexity index is 240. The van der Waals surface area contributed by atoms with Gasteiger partial charge in [0.25, 0.3) is 0 Å². The lowest BCUT2D eigenvalue weighted by Gasteiger charge is -2.19. The molecule has 0 amide bonds. The topological polar surface area (TPSA) is 29.0 Å². The van der Waals surface area contributed by atoms with Crippen molar-refractivity contribution < 1.29 is 0 Å². The molecule has 78 valence electrons. The number of aromatic nitrogens is 2. The van der Waals surface area contributed by atoms with Crippen LogP contribution in [0.15, 0.2) is 18.5 Å². The lowest BCUT2D eigenvalue weighted by atomic mass is 10.2. The molecule has 1 aliphatic heterocycles. The molecule has 0 radical (unpaired) electrons. The van der Waals surface area contributed by atoms with E-state index in [0.29, 0.717) is 0 Å². The Kier molecular flexibility index (Phi) is 4.36. The van der Waals surface area contributed by atoms with E-state index in [2.05, 4.69) is 14.9 Å². The fourth-order valence-corrected chi connectivity index (χ4v) is 1.73. The van der Waals surface area contributed by atoms with Crippen molar-refractivity contribution in [1.29, 1.82) is 0 Å². The Morgan fingerprint density at radius 2 is 1.50 bits per heavy atom. The maximum Gasteiger partial charge on any atom is 0.225 e. The van der Waals surface area contributed by atoms with Gasteiger partial charge in [-0.3, -0.25) is 0 Å². The van der Waals surface area contributed by atoms with Crippen LogP contribution in [0, 0.1) is 0 Å². The van der Waals surface area contributed by atoms with E-state index in [0.717, 1.165) is 19.0 Å². The standard InChI is InChI=1S/C10H15N3.CH4/c1-2-4-9-13(8-3-1)10-11-6-5-7-12-10;/h5-7H,1-4,8-9H2;1H4. The fraction of sp³-hybridized carbons (Fsp3) is 0.636. The third-order valence-electron chi connectivity index (χ3n) is 2.44. The van der Waals surface area contributed by atoms with Gasteiger partial charge in [0.15, 0.2) is 0 Å². The first-order valence-electron chi connectivity index (χ1n) is 4.99. The molecule has 0 unspecified atom stereocenters. The highest BCUT2D eigenvalue weighted by molar-refractivity contribution is 5.28. The van der Waals surface area contributed by atoms with Gasteiger partial charge >= 0.3 is 0 Å². The normalized spacial score (nSPS) is 17.0. The number of nitrogens with zero attached hydrogens (tertiary/aromatic N) is 3. The van der Waals surface area contributed by atoms with Crippen molar-refractivity contribution in [2.45, 2.75) is 33.1 Å². The fourth-order valence-electron chi connectivity index (χ4n) is 1.73. The van der Waals surface area contributed by atoms with Crippen LogP contribution in [0.1, 0.15) is 33.1 Å². The second kappa shape index (κ2) is 5.58. The van der Waals surface area contributed by atoms with Crippen molar-refractivity contribution in [3.8, 4) is 0 Å². The van der Waals surface area contributed by atoms with Gasteiger partial charge in [-0.15, -0.1) is 0 Å². The molecule has 2 rings (SSSR count). The van der Waals surface area contributed by atoms with E-state index >= 15 is 0 Å². The largest absolute Gasteiger partial charge is 0.341 e. The molecule has 0 saturated carbocycles. The Morgan fingerprint density at radius 3 is 2.07 bits per heavy atom. The monoisotopic (exact) mass is 193 g/mol. The van der Waals surface area contributed by atoms with Crippen LogP contribution in [0.4, 0.5) is 5.95 Å². The molecule has 0 atom stereocenters. The molecular formula is C11H19N3. The minimum Gasteiger partial charge on any atom is -0.341 e. The summed E-state index contributed by atoms with van der Waals surface area (Å²) >= 11 is 0. The molecule has 0 aromatic carbocycles. The third-order valence-corrected chi connectivity index (χ3v) is 2.44. The molecular weight excluding hydrogens is 174 g/mol. The second-order valence-electron chi connectivity index (χ2n) is 3.45. The van der Waals surface area contributed by atoms with Crippen molar-refractivity contribution in [3.05, 3.63) is 18.5 Å². The summed E-state index contributed by atoms with van der Waals surface area (Å²) in [5.41, 5.74) is 0. The predicted octanol–water partition coefficient (Wildman–Crippen LogP) is 2.49. The average molecular weight is 193 g/mol. The highest BCUT2D eigenvalue weighted by Gasteiger charge is 2.10. The zero-order valence-electron chi connectivity index (χ0n) is 7.82. The van der Waals surface area contributed by atoms with Gasteiger partial charge in [-0.05, 0) is 18.9 Å². The predicted molar refractivity (Wildman–Crippen MR) is 59.4 cm³/mol. The Hall–Kier alpha value is -1.12. The van der Waals surface area contributed by atoms with Gasteiger partial charge in [0.05, 0.1) is 0 Å². The van der Waals surface area contributed by atoms with Gasteiger partial charge in [0, 0.05) is 25.5 Å². The molecule has 1 aromatic rings. The third kappa shape index (κ3) is 2.69. The van der Waals surface area contributed by atoms with Crippen molar-refractivity contribution in [1.82, 2.24) is 9.97 Å². The Balaban J connectivity index is 0.000000980. The van der Waals surface area contributed by atoms with Crippen LogP contribution >= 0.6 is 0 Å². The van der Waals surface area contributed by atoms with E-state index in [1.165, 1.54) is 25.7 Å². The zero-order chi connectivity index (χ0) is 8.93. The highest BCUT2D eigenvalue weighted by Crippen LogP contribution is 2.13. The summed E-state index contributed by atoms with van der Waals surface area (Å²) in [7, 11) is 0. The quantitative estimate of drug-likeness (QED) is 0.686. The summed E-state index contributed by atoms with van der Waals surface area (Å²) in [5.74, 6) is 0.893. The molecule has 14 heavy (non-hydrogen) atoms. The second-order valence-corrected chi connectivity index (χ2v) is 3.45.